The Morgan fingerprint density at radius 1 is 1.24 bits per heavy atom. The first-order chi connectivity index (χ1) is 11.8. The van der Waals surface area contributed by atoms with E-state index in [0.717, 1.165) is 0 Å². The number of aromatic hydroxyl groups is 1. The molecule has 0 spiro atoms. The maximum absolute atomic E-state index is 13.9. The number of phenolic OH excluding ortho intramolecular Hbond substituents is 1. The number of ether oxygens (including phenoxy) is 1. The number of amides is 1. The Balaban J connectivity index is 1.89. The molecule has 1 aliphatic rings. The average Bonchev–Trinajstić information content (AvgIpc) is 3.04. The van der Waals surface area contributed by atoms with Gasteiger partial charge in [-0.1, -0.05) is 5.16 Å². The van der Waals surface area contributed by atoms with E-state index in [0.29, 0.717) is 19.2 Å². The molecular formula is C15H14F3N3O4. The van der Waals surface area contributed by atoms with Crippen LogP contribution in [0.1, 0.15) is 24.5 Å². The molecule has 10 heteroatoms. The molecule has 0 bridgehead atoms. The number of nitrogens with zero attached hydrogens (tertiary/aromatic N) is 3. The summed E-state index contributed by atoms with van der Waals surface area (Å²) in [5.41, 5.74) is -0.622. The van der Waals surface area contributed by atoms with Crippen molar-refractivity contribution in [3.63, 3.8) is 0 Å². The van der Waals surface area contributed by atoms with E-state index in [1.165, 1.54) is 4.90 Å². The number of morpholine rings is 1. The van der Waals surface area contributed by atoms with Crippen molar-refractivity contribution in [2.45, 2.75) is 26.1 Å². The number of hydrogen-bond donors (Lipinski definition) is 1. The molecule has 2 aromatic rings. The van der Waals surface area contributed by atoms with E-state index >= 15 is 0 Å². The van der Waals surface area contributed by atoms with Crippen LogP contribution in [0.15, 0.2) is 10.6 Å². The Morgan fingerprint density at radius 3 is 2.52 bits per heavy atom. The van der Waals surface area contributed by atoms with Crippen LogP contribution in [0.3, 0.4) is 0 Å². The predicted molar refractivity (Wildman–Crippen MR) is 77.2 cm³/mol. The van der Waals surface area contributed by atoms with Gasteiger partial charge in [0.05, 0.1) is 17.8 Å². The van der Waals surface area contributed by atoms with E-state index in [1.54, 1.807) is 13.8 Å². The molecule has 0 radical (unpaired) electrons. The third-order valence-corrected chi connectivity index (χ3v) is 3.69. The molecule has 3 rings (SSSR count). The maximum Gasteiger partial charge on any atom is 0.316 e. The number of phenols is 1. The van der Waals surface area contributed by atoms with Gasteiger partial charge in [0.1, 0.15) is 0 Å². The van der Waals surface area contributed by atoms with Gasteiger partial charge in [-0.05, 0) is 19.9 Å². The summed E-state index contributed by atoms with van der Waals surface area (Å²) in [7, 11) is 0. The van der Waals surface area contributed by atoms with Gasteiger partial charge in [-0.2, -0.15) is 9.37 Å². The normalized spacial score (nSPS) is 20.8. The van der Waals surface area contributed by atoms with Crippen molar-refractivity contribution >= 4 is 5.91 Å². The number of aromatic nitrogens is 2. The van der Waals surface area contributed by atoms with Crippen molar-refractivity contribution in [2.75, 3.05) is 13.1 Å². The fraction of sp³-hybridized carbons (Fsp3) is 0.400. The maximum atomic E-state index is 13.9. The van der Waals surface area contributed by atoms with E-state index < -0.39 is 46.4 Å². The number of halogens is 3. The van der Waals surface area contributed by atoms with Crippen molar-refractivity contribution in [1.82, 2.24) is 15.0 Å². The van der Waals surface area contributed by atoms with Gasteiger partial charge in [-0.3, -0.25) is 4.79 Å². The zero-order valence-corrected chi connectivity index (χ0v) is 13.3. The summed E-state index contributed by atoms with van der Waals surface area (Å²) in [6.45, 7) is 4.21. The lowest BCUT2D eigenvalue weighted by molar-refractivity contribution is -0.0595. The minimum absolute atomic E-state index is 0.185. The monoisotopic (exact) mass is 357 g/mol. The second-order valence-corrected chi connectivity index (χ2v) is 5.77. The van der Waals surface area contributed by atoms with E-state index in [1.807, 2.05) is 0 Å². The van der Waals surface area contributed by atoms with E-state index in [2.05, 4.69) is 10.1 Å². The average molecular weight is 357 g/mol. The molecule has 7 nitrogen and oxygen atoms in total. The van der Waals surface area contributed by atoms with Crippen LogP contribution in [0.25, 0.3) is 11.4 Å². The predicted octanol–water partition coefficient (Wildman–Crippen LogP) is 2.11. The van der Waals surface area contributed by atoms with Crippen LogP contribution in [0, 0.1) is 17.5 Å². The quantitative estimate of drug-likeness (QED) is 0.828. The van der Waals surface area contributed by atoms with Crippen molar-refractivity contribution in [2.24, 2.45) is 0 Å². The molecule has 134 valence electrons. The van der Waals surface area contributed by atoms with Gasteiger partial charge in [0.2, 0.25) is 11.6 Å². The van der Waals surface area contributed by atoms with Crippen molar-refractivity contribution in [3.05, 3.63) is 29.4 Å². The third kappa shape index (κ3) is 3.16. The molecule has 2 atom stereocenters. The van der Waals surface area contributed by atoms with Crippen LogP contribution >= 0.6 is 0 Å². The SMILES string of the molecule is C[C@@H]1CN(C(=O)c2nc(-c3cc(F)c(F)c(O)c3F)no2)C[C@H](C)O1. The van der Waals surface area contributed by atoms with Gasteiger partial charge < -0.3 is 19.3 Å². The lowest BCUT2D eigenvalue weighted by Crippen LogP contribution is -2.48. The summed E-state index contributed by atoms with van der Waals surface area (Å²) in [4.78, 5) is 17.6. The van der Waals surface area contributed by atoms with Crippen molar-refractivity contribution < 1.29 is 32.3 Å². The first-order valence-corrected chi connectivity index (χ1v) is 7.43. The smallest absolute Gasteiger partial charge is 0.316 e. The molecule has 1 N–H and O–H groups in total. The van der Waals surface area contributed by atoms with Crippen molar-refractivity contribution in [1.29, 1.82) is 0 Å². The fourth-order valence-electron chi connectivity index (χ4n) is 2.65. The Bertz CT molecular complexity index is 817. The highest BCUT2D eigenvalue weighted by atomic mass is 19.2. The zero-order chi connectivity index (χ0) is 18.3. The Hall–Kier alpha value is -2.62. The highest BCUT2D eigenvalue weighted by molar-refractivity contribution is 5.90. The van der Waals surface area contributed by atoms with E-state index in [4.69, 9.17) is 9.26 Å². The number of hydrogen-bond acceptors (Lipinski definition) is 6. The topological polar surface area (TPSA) is 88.7 Å². The second-order valence-electron chi connectivity index (χ2n) is 5.77. The molecule has 1 aliphatic heterocycles. The highest BCUT2D eigenvalue weighted by Gasteiger charge is 2.31. The molecular weight excluding hydrogens is 343 g/mol. The van der Waals surface area contributed by atoms with E-state index in [-0.39, 0.29) is 12.2 Å². The fourth-order valence-corrected chi connectivity index (χ4v) is 2.65. The largest absolute Gasteiger partial charge is 0.503 e. The molecule has 1 amide bonds. The minimum atomic E-state index is -1.72. The summed E-state index contributed by atoms with van der Waals surface area (Å²) in [6, 6.07) is 0.475. The van der Waals surface area contributed by atoms with E-state index in [9.17, 15) is 23.1 Å². The van der Waals surface area contributed by atoms with Crippen LogP contribution in [-0.4, -0.2) is 51.4 Å². The molecule has 25 heavy (non-hydrogen) atoms. The molecule has 1 aromatic heterocycles. The standard InChI is InChI=1S/C15H14F3N3O4/c1-6-4-21(5-7(2)24-6)15(23)14-19-13(20-25-14)8-3-9(16)11(18)12(22)10(8)17/h3,6-7,22H,4-5H2,1-2H3/t6-,7+. The Morgan fingerprint density at radius 2 is 1.88 bits per heavy atom. The second kappa shape index (κ2) is 6.36. The summed E-state index contributed by atoms with van der Waals surface area (Å²) in [5, 5.41) is 12.7. The van der Waals surface area contributed by atoms with Crippen LogP contribution in [0.4, 0.5) is 13.2 Å². The van der Waals surface area contributed by atoms with Crippen molar-refractivity contribution in [3.8, 4) is 17.1 Å². The molecule has 0 saturated carbocycles. The van der Waals surface area contributed by atoms with Gasteiger partial charge in [0, 0.05) is 13.1 Å². The van der Waals surface area contributed by atoms with Crippen LogP contribution < -0.4 is 0 Å². The van der Waals surface area contributed by atoms with Crippen LogP contribution in [0.5, 0.6) is 5.75 Å². The molecule has 0 unspecified atom stereocenters. The molecule has 0 aliphatic carbocycles. The summed E-state index contributed by atoms with van der Waals surface area (Å²) in [6.07, 6.45) is -0.369. The summed E-state index contributed by atoms with van der Waals surface area (Å²) >= 11 is 0. The van der Waals surface area contributed by atoms with Crippen LogP contribution in [-0.2, 0) is 4.74 Å². The highest BCUT2D eigenvalue weighted by Crippen LogP contribution is 2.31. The zero-order valence-electron chi connectivity index (χ0n) is 13.3. The van der Waals surface area contributed by atoms with Gasteiger partial charge in [0.25, 0.3) is 0 Å². The molecule has 1 aromatic carbocycles. The number of rotatable bonds is 2. The Kier molecular flexibility index (Phi) is 4.38. The number of carbonyl (C=O) groups is 1. The summed E-state index contributed by atoms with van der Waals surface area (Å²) < 4.78 is 50.7. The number of benzene rings is 1. The lowest BCUT2D eigenvalue weighted by Gasteiger charge is -2.34. The first kappa shape index (κ1) is 17.2. The number of carbonyl (C=O) groups excluding carboxylic acids is 1. The van der Waals surface area contributed by atoms with Gasteiger partial charge >= 0.3 is 11.8 Å². The molecule has 2 heterocycles. The van der Waals surface area contributed by atoms with Gasteiger partial charge in [-0.25, -0.2) is 8.78 Å². The minimum Gasteiger partial charge on any atom is -0.503 e. The van der Waals surface area contributed by atoms with Gasteiger partial charge in [-0.15, -0.1) is 0 Å². The Labute approximate surface area is 140 Å². The van der Waals surface area contributed by atoms with Gasteiger partial charge in [0.15, 0.2) is 17.4 Å². The first-order valence-electron chi connectivity index (χ1n) is 7.43. The summed E-state index contributed by atoms with van der Waals surface area (Å²) in [5.74, 6) is -7.66. The third-order valence-electron chi connectivity index (χ3n) is 3.69. The lowest BCUT2D eigenvalue weighted by atomic mass is 10.1. The molecule has 1 saturated heterocycles. The van der Waals surface area contributed by atoms with Crippen LogP contribution in [0.2, 0.25) is 0 Å². The molecule has 1 fully saturated rings.